The van der Waals surface area contributed by atoms with Gasteiger partial charge in [-0.3, -0.25) is 4.79 Å². The molecule has 0 radical (unpaired) electrons. The highest BCUT2D eigenvalue weighted by Gasteiger charge is 2.16. The van der Waals surface area contributed by atoms with Crippen LogP contribution in [0.5, 0.6) is 5.75 Å². The number of halogens is 1. The molecule has 3 rings (SSSR count). The van der Waals surface area contributed by atoms with Crippen molar-refractivity contribution in [2.24, 2.45) is 0 Å². The highest BCUT2D eigenvalue weighted by Crippen LogP contribution is 2.27. The van der Waals surface area contributed by atoms with E-state index in [2.05, 4.69) is 26.2 Å². The van der Waals surface area contributed by atoms with Crippen LogP contribution in [-0.4, -0.2) is 17.5 Å². The van der Waals surface area contributed by atoms with Crippen LogP contribution < -0.4 is 15.8 Å². The van der Waals surface area contributed by atoms with E-state index in [0.717, 1.165) is 17.7 Å². The van der Waals surface area contributed by atoms with Crippen LogP contribution in [0.2, 0.25) is 0 Å². The molecule has 0 spiro atoms. The summed E-state index contributed by atoms with van der Waals surface area (Å²) >= 11 is 3.32. The van der Waals surface area contributed by atoms with Gasteiger partial charge < -0.3 is 15.8 Å². The van der Waals surface area contributed by atoms with Crippen LogP contribution in [-0.2, 0) is 6.42 Å². The SMILES string of the molecule is Nc1cnc(NC(=O)c2ccc3c(c2)CCO3)c(Br)c1. The molecule has 3 N–H and O–H groups in total. The Morgan fingerprint density at radius 3 is 3.05 bits per heavy atom. The number of nitrogen functional groups attached to an aromatic ring is 1. The Morgan fingerprint density at radius 2 is 2.25 bits per heavy atom. The predicted octanol–water partition coefficient (Wildman–Crippen LogP) is 2.61. The van der Waals surface area contributed by atoms with Crippen molar-refractivity contribution in [1.82, 2.24) is 4.98 Å². The average Bonchev–Trinajstić information content (AvgIpc) is 2.89. The van der Waals surface area contributed by atoms with Crippen LogP contribution in [0.15, 0.2) is 34.9 Å². The molecule has 0 aliphatic carbocycles. The fourth-order valence-corrected chi connectivity index (χ4v) is 2.52. The van der Waals surface area contributed by atoms with E-state index in [0.29, 0.717) is 28.1 Å². The van der Waals surface area contributed by atoms with E-state index in [-0.39, 0.29) is 5.91 Å². The van der Waals surface area contributed by atoms with Crippen molar-refractivity contribution in [3.8, 4) is 5.75 Å². The zero-order chi connectivity index (χ0) is 14.1. The first-order valence-electron chi connectivity index (χ1n) is 6.11. The van der Waals surface area contributed by atoms with E-state index >= 15 is 0 Å². The molecule has 0 unspecified atom stereocenters. The second-order valence-electron chi connectivity index (χ2n) is 4.47. The summed E-state index contributed by atoms with van der Waals surface area (Å²) in [6.07, 6.45) is 2.33. The van der Waals surface area contributed by atoms with Crippen LogP contribution in [0.25, 0.3) is 0 Å². The molecule has 1 aromatic carbocycles. The van der Waals surface area contributed by atoms with Gasteiger partial charge >= 0.3 is 0 Å². The quantitative estimate of drug-likeness (QED) is 0.885. The molecular formula is C14H12BrN3O2. The number of fused-ring (bicyclic) bond motifs is 1. The summed E-state index contributed by atoms with van der Waals surface area (Å²) in [5, 5.41) is 2.75. The van der Waals surface area contributed by atoms with Crippen LogP contribution in [0.4, 0.5) is 11.5 Å². The molecule has 1 aliphatic heterocycles. The fraction of sp³-hybridized carbons (Fsp3) is 0.143. The molecule has 102 valence electrons. The molecule has 6 heteroatoms. The van der Waals surface area contributed by atoms with E-state index in [1.54, 1.807) is 12.1 Å². The summed E-state index contributed by atoms with van der Waals surface area (Å²) in [5.41, 5.74) is 7.78. The number of aromatic nitrogens is 1. The minimum absolute atomic E-state index is 0.210. The number of nitrogens with zero attached hydrogens (tertiary/aromatic N) is 1. The molecule has 0 fully saturated rings. The minimum atomic E-state index is -0.210. The monoisotopic (exact) mass is 333 g/mol. The van der Waals surface area contributed by atoms with Crippen molar-refractivity contribution in [2.75, 3.05) is 17.7 Å². The van der Waals surface area contributed by atoms with Gasteiger partial charge in [-0.15, -0.1) is 0 Å². The van der Waals surface area contributed by atoms with Gasteiger partial charge in [0.25, 0.3) is 5.91 Å². The second kappa shape index (κ2) is 5.13. The van der Waals surface area contributed by atoms with Crippen LogP contribution >= 0.6 is 15.9 Å². The predicted molar refractivity (Wildman–Crippen MR) is 79.9 cm³/mol. The minimum Gasteiger partial charge on any atom is -0.493 e. The van der Waals surface area contributed by atoms with Crippen LogP contribution in [0.1, 0.15) is 15.9 Å². The number of rotatable bonds is 2. The van der Waals surface area contributed by atoms with Gasteiger partial charge in [-0.25, -0.2) is 4.98 Å². The lowest BCUT2D eigenvalue weighted by atomic mass is 10.1. The normalized spacial score (nSPS) is 12.7. The number of carbonyl (C=O) groups is 1. The first-order valence-corrected chi connectivity index (χ1v) is 6.91. The summed E-state index contributed by atoms with van der Waals surface area (Å²) < 4.78 is 6.07. The molecule has 0 saturated heterocycles. The molecule has 2 aromatic rings. The van der Waals surface area contributed by atoms with Gasteiger partial charge in [-0.05, 0) is 45.8 Å². The number of amides is 1. The summed E-state index contributed by atoms with van der Waals surface area (Å²) in [7, 11) is 0. The number of hydrogen-bond acceptors (Lipinski definition) is 4. The first kappa shape index (κ1) is 12.9. The number of nitrogens with one attached hydrogen (secondary N) is 1. The van der Waals surface area contributed by atoms with Crippen LogP contribution in [0.3, 0.4) is 0 Å². The number of hydrogen-bond donors (Lipinski definition) is 2. The fourth-order valence-electron chi connectivity index (χ4n) is 2.05. The van der Waals surface area contributed by atoms with E-state index in [1.165, 1.54) is 6.20 Å². The van der Waals surface area contributed by atoms with Gasteiger partial charge in [0, 0.05) is 12.0 Å². The zero-order valence-corrected chi connectivity index (χ0v) is 12.1. The summed E-state index contributed by atoms with van der Waals surface area (Å²) in [6, 6.07) is 7.11. The van der Waals surface area contributed by atoms with Crippen molar-refractivity contribution in [1.29, 1.82) is 0 Å². The van der Waals surface area contributed by atoms with E-state index in [4.69, 9.17) is 10.5 Å². The maximum absolute atomic E-state index is 12.2. The molecule has 0 atom stereocenters. The third kappa shape index (κ3) is 2.46. The first-order chi connectivity index (χ1) is 9.63. The van der Waals surface area contributed by atoms with Gasteiger partial charge in [-0.1, -0.05) is 0 Å². The van der Waals surface area contributed by atoms with Gasteiger partial charge in [0.15, 0.2) is 0 Å². The third-order valence-corrected chi connectivity index (χ3v) is 3.65. The Morgan fingerprint density at radius 1 is 1.40 bits per heavy atom. The maximum Gasteiger partial charge on any atom is 0.256 e. The number of carbonyl (C=O) groups excluding carboxylic acids is 1. The Bertz CT molecular complexity index is 688. The lowest BCUT2D eigenvalue weighted by Crippen LogP contribution is -2.13. The molecule has 1 aromatic heterocycles. The number of pyridine rings is 1. The van der Waals surface area contributed by atoms with E-state index in [1.807, 2.05) is 12.1 Å². The highest BCUT2D eigenvalue weighted by molar-refractivity contribution is 9.10. The molecule has 1 aliphatic rings. The Kier molecular flexibility index (Phi) is 3.31. The van der Waals surface area contributed by atoms with Crippen molar-refractivity contribution in [2.45, 2.75) is 6.42 Å². The van der Waals surface area contributed by atoms with E-state index in [9.17, 15) is 4.79 Å². The van der Waals surface area contributed by atoms with Crippen molar-refractivity contribution in [3.63, 3.8) is 0 Å². The molecule has 1 amide bonds. The van der Waals surface area contributed by atoms with Gasteiger partial charge in [-0.2, -0.15) is 0 Å². The number of ether oxygens (including phenoxy) is 1. The Balaban J connectivity index is 1.82. The number of nitrogens with two attached hydrogens (primary N) is 1. The Labute approximate surface area is 124 Å². The smallest absolute Gasteiger partial charge is 0.256 e. The third-order valence-electron chi connectivity index (χ3n) is 3.05. The van der Waals surface area contributed by atoms with Gasteiger partial charge in [0.1, 0.15) is 11.6 Å². The lowest BCUT2D eigenvalue weighted by Gasteiger charge is -2.08. The molecule has 2 heterocycles. The summed E-state index contributed by atoms with van der Waals surface area (Å²) in [5.74, 6) is 1.09. The topological polar surface area (TPSA) is 77.2 Å². The van der Waals surface area contributed by atoms with Gasteiger partial charge in [0.2, 0.25) is 0 Å². The molecular weight excluding hydrogens is 322 g/mol. The molecule has 0 saturated carbocycles. The molecule has 0 bridgehead atoms. The second-order valence-corrected chi connectivity index (χ2v) is 5.33. The Hall–Kier alpha value is -2.08. The number of anilines is 2. The highest BCUT2D eigenvalue weighted by atomic mass is 79.9. The van der Waals surface area contributed by atoms with Gasteiger partial charge in [0.05, 0.1) is 23.0 Å². The van der Waals surface area contributed by atoms with Crippen molar-refractivity contribution >= 4 is 33.3 Å². The summed E-state index contributed by atoms with van der Waals surface area (Å²) in [4.78, 5) is 16.3. The molecule has 5 nitrogen and oxygen atoms in total. The molecule has 20 heavy (non-hydrogen) atoms. The van der Waals surface area contributed by atoms with Crippen molar-refractivity contribution in [3.05, 3.63) is 46.1 Å². The number of benzene rings is 1. The van der Waals surface area contributed by atoms with E-state index < -0.39 is 0 Å². The lowest BCUT2D eigenvalue weighted by molar-refractivity contribution is 0.102. The zero-order valence-electron chi connectivity index (χ0n) is 10.5. The standard InChI is InChI=1S/C14H12BrN3O2/c15-11-6-10(16)7-17-13(11)18-14(19)9-1-2-12-8(5-9)3-4-20-12/h1-2,5-7H,3-4,16H2,(H,17,18,19). The largest absolute Gasteiger partial charge is 0.493 e. The maximum atomic E-state index is 12.2. The summed E-state index contributed by atoms with van der Waals surface area (Å²) in [6.45, 7) is 0.672. The van der Waals surface area contributed by atoms with Crippen LogP contribution in [0, 0.1) is 0 Å². The average molecular weight is 334 g/mol. The van der Waals surface area contributed by atoms with Crippen molar-refractivity contribution < 1.29 is 9.53 Å².